The van der Waals surface area contributed by atoms with Crippen LogP contribution in [-0.2, 0) is 9.53 Å². The first-order valence-corrected chi connectivity index (χ1v) is 8.30. The molecule has 3 amide bonds. The Hall–Kier alpha value is -2.32. The maximum atomic E-state index is 11.9. The van der Waals surface area contributed by atoms with Gasteiger partial charge in [0.25, 0.3) is 0 Å². The molecule has 1 aromatic carbocycles. The highest BCUT2D eigenvalue weighted by atomic mass is 16.5. The third kappa shape index (κ3) is 6.24. The lowest BCUT2D eigenvalue weighted by atomic mass is 10.2. The number of methoxy groups -OCH3 is 2. The van der Waals surface area contributed by atoms with E-state index in [1.807, 2.05) is 29.2 Å². The first kappa shape index (κ1) is 19.0. The fourth-order valence-corrected chi connectivity index (χ4v) is 2.64. The summed E-state index contributed by atoms with van der Waals surface area (Å²) in [4.78, 5) is 27.7. The highest BCUT2D eigenvalue weighted by Crippen LogP contribution is 2.20. The van der Waals surface area contributed by atoms with Crippen LogP contribution in [0, 0.1) is 0 Å². The number of hydrogen-bond donors (Lipinski definition) is 2. The Labute approximate surface area is 148 Å². The zero-order valence-electron chi connectivity index (χ0n) is 14.8. The van der Waals surface area contributed by atoms with Gasteiger partial charge in [0, 0.05) is 45.5 Å². The van der Waals surface area contributed by atoms with Gasteiger partial charge in [-0.25, -0.2) is 4.79 Å². The van der Waals surface area contributed by atoms with Gasteiger partial charge in [0.05, 0.1) is 20.3 Å². The van der Waals surface area contributed by atoms with Crippen molar-refractivity contribution in [1.82, 2.24) is 15.5 Å². The topological polar surface area (TPSA) is 83.1 Å². The number of hydrogen-bond acceptors (Lipinski definition) is 6. The number of imide groups is 1. The molecule has 1 fully saturated rings. The fourth-order valence-electron chi connectivity index (χ4n) is 2.64. The Bertz CT molecular complexity index is 556. The summed E-state index contributed by atoms with van der Waals surface area (Å²) in [5, 5.41) is 4.88. The molecule has 0 aliphatic carbocycles. The average Bonchev–Trinajstić information content (AvgIpc) is 2.62. The number of nitrogens with one attached hydrogen (secondary N) is 2. The number of carbonyl (C=O) groups excluding carboxylic acids is 2. The van der Waals surface area contributed by atoms with Crippen molar-refractivity contribution in [3.63, 3.8) is 0 Å². The molecule has 1 aliphatic heterocycles. The number of ether oxygens (including phenoxy) is 2. The van der Waals surface area contributed by atoms with E-state index >= 15 is 0 Å². The average molecular weight is 350 g/mol. The molecule has 0 unspecified atom stereocenters. The third-order valence-corrected chi connectivity index (χ3v) is 4.02. The summed E-state index contributed by atoms with van der Waals surface area (Å²) in [6.07, 6.45) is 0. The normalized spacial score (nSPS) is 14.9. The fraction of sp³-hybridized carbons (Fsp3) is 0.529. The SMILES string of the molecule is COCCNC(=O)NC(=O)CN1CCN(c2ccc(OC)cc2)CC1. The molecule has 8 nitrogen and oxygen atoms in total. The first-order valence-electron chi connectivity index (χ1n) is 8.30. The number of carbonyl (C=O) groups is 2. The smallest absolute Gasteiger partial charge is 0.321 e. The quantitative estimate of drug-likeness (QED) is 0.688. The maximum absolute atomic E-state index is 11.9. The van der Waals surface area contributed by atoms with Crippen molar-refractivity contribution in [3.8, 4) is 5.75 Å². The monoisotopic (exact) mass is 350 g/mol. The molecule has 1 aliphatic rings. The Kier molecular flexibility index (Phi) is 7.49. The van der Waals surface area contributed by atoms with Gasteiger partial charge in [-0.15, -0.1) is 0 Å². The second-order valence-corrected chi connectivity index (χ2v) is 5.76. The molecule has 25 heavy (non-hydrogen) atoms. The molecule has 1 heterocycles. The summed E-state index contributed by atoms with van der Waals surface area (Å²) in [5.74, 6) is 0.538. The standard InChI is InChI=1S/C17H26N4O4/c1-24-12-7-18-17(23)19-16(22)13-20-8-10-21(11-9-20)14-3-5-15(25-2)6-4-14/h3-6H,7-13H2,1-2H3,(H2,18,19,22,23). The Morgan fingerprint density at radius 1 is 1.08 bits per heavy atom. The predicted octanol–water partition coefficient (Wildman–Crippen LogP) is 0.289. The van der Waals surface area contributed by atoms with E-state index in [9.17, 15) is 9.59 Å². The van der Waals surface area contributed by atoms with Crippen molar-refractivity contribution in [2.24, 2.45) is 0 Å². The van der Waals surface area contributed by atoms with Crippen LogP contribution >= 0.6 is 0 Å². The maximum Gasteiger partial charge on any atom is 0.321 e. The number of rotatable bonds is 7. The Morgan fingerprint density at radius 3 is 2.36 bits per heavy atom. The minimum atomic E-state index is -0.487. The zero-order valence-corrected chi connectivity index (χ0v) is 14.8. The largest absolute Gasteiger partial charge is 0.497 e. The van der Waals surface area contributed by atoms with Gasteiger partial charge in [0.2, 0.25) is 5.91 Å². The van der Waals surface area contributed by atoms with Crippen LogP contribution in [0.3, 0.4) is 0 Å². The van der Waals surface area contributed by atoms with Gasteiger partial charge < -0.3 is 19.7 Å². The van der Waals surface area contributed by atoms with E-state index < -0.39 is 6.03 Å². The minimum absolute atomic E-state index is 0.216. The lowest BCUT2D eigenvalue weighted by Gasteiger charge is -2.35. The van der Waals surface area contributed by atoms with E-state index in [1.54, 1.807) is 14.2 Å². The molecule has 8 heteroatoms. The number of nitrogens with zero attached hydrogens (tertiary/aromatic N) is 2. The van der Waals surface area contributed by atoms with Crippen LogP contribution in [0.25, 0.3) is 0 Å². The van der Waals surface area contributed by atoms with Crippen LogP contribution in [0.2, 0.25) is 0 Å². The summed E-state index contributed by atoms with van der Waals surface area (Å²) >= 11 is 0. The lowest BCUT2D eigenvalue weighted by molar-refractivity contribution is -0.121. The van der Waals surface area contributed by atoms with Crippen molar-refractivity contribution in [2.45, 2.75) is 0 Å². The number of anilines is 1. The highest BCUT2D eigenvalue weighted by molar-refractivity contribution is 5.95. The number of urea groups is 1. The van der Waals surface area contributed by atoms with E-state index in [2.05, 4.69) is 15.5 Å². The second-order valence-electron chi connectivity index (χ2n) is 5.76. The molecule has 0 radical (unpaired) electrons. The number of piperazine rings is 1. The van der Waals surface area contributed by atoms with Gasteiger partial charge in [-0.1, -0.05) is 0 Å². The molecule has 0 aromatic heterocycles. The summed E-state index contributed by atoms with van der Waals surface area (Å²) < 4.78 is 10.00. The zero-order chi connectivity index (χ0) is 18.1. The summed E-state index contributed by atoms with van der Waals surface area (Å²) in [7, 11) is 3.20. The van der Waals surface area contributed by atoms with Gasteiger partial charge in [0.15, 0.2) is 0 Å². The van der Waals surface area contributed by atoms with Gasteiger partial charge in [0.1, 0.15) is 5.75 Å². The van der Waals surface area contributed by atoms with E-state index in [4.69, 9.17) is 9.47 Å². The summed E-state index contributed by atoms with van der Waals surface area (Å²) in [6.45, 7) is 4.20. The molecule has 138 valence electrons. The number of benzene rings is 1. The summed E-state index contributed by atoms with van der Waals surface area (Å²) in [6, 6.07) is 7.46. The van der Waals surface area contributed by atoms with E-state index in [0.29, 0.717) is 13.2 Å². The Balaban J connectivity index is 1.70. The van der Waals surface area contributed by atoms with E-state index in [1.165, 1.54) is 0 Å². The Morgan fingerprint density at radius 2 is 1.76 bits per heavy atom. The van der Waals surface area contributed by atoms with Crippen molar-refractivity contribution in [1.29, 1.82) is 0 Å². The second kappa shape index (κ2) is 9.85. The molecular formula is C17H26N4O4. The van der Waals surface area contributed by atoms with Gasteiger partial charge in [-0.2, -0.15) is 0 Å². The molecule has 2 N–H and O–H groups in total. The van der Waals surface area contributed by atoms with Crippen molar-refractivity contribution < 1.29 is 19.1 Å². The van der Waals surface area contributed by atoms with Crippen LogP contribution in [0.5, 0.6) is 5.75 Å². The molecule has 2 rings (SSSR count). The van der Waals surface area contributed by atoms with Crippen molar-refractivity contribution in [2.75, 3.05) is 65.0 Å². The van der Waals surface area contributed by atoms with Gasteiger partial charge >= 0.3 is 6.03 Å². The van der Waals surface area contributed by atoms with Crippen molar-refractivity contribution >= 4 is 17.6 Å². The van der Waals surface area contributed by atoms with Gasteiger partial charge in [-0.3, -0.25) is 15.0 Å². The minimum Gasteiger partial charge on any atom is -0.497 e. The number of amides is 3. The third-order valence-electron chi connectivity index (χ3n) is 4.02. The van der Waals surface area contributed by atoms with Crippen LogP contribution < -0.4 is 20.3 Å². The first-order chi connectivity index (χ1) is 12.1. The van der Waals surface area contributed by atoms with E-state index in [-0.39, 0.29) is 12.5 Å². The van der Waals surface area contributed by atoms with Crippen LogP contribution in [0.4, 0.5) is 10.5 Å². The molecular weight excluding hydrogens is 324 g/mol. The highest BCUT2D eigenvalue weighted by Gasteiger charge is 2.20. The van der Waals surface area contributed by atoms with Crippen LogP contribution in [0.15, 0.2) is 24.3 Å². The van der Waals surface area contributed by atoms with Gasteiger partial charge in [-0.05, 0) is 24.3 Å². The lowest BCUT2D eigenvalue weighted by Crippen LogP contribution is -2.51. The molecule has 1 saturated heterocycles. The van der Waals surface area contributed by atoms with Crippen LogP contribution in [-0.4, -0.2) is 76.9 Å². The molecule has 0 spiro atoms. The summed E-state index contributed by atoms with van der Waals surface area (Å²) in [5.41, 5.74) is 1.14. The molecule has 0 atom stereocenters. The molecule has 0 bridgehead atoms. The molecule has 0 saturated carbocycles. The van der Waals surface area contributed by atoms with Crippen LogP contribution in [0.1, 0.15) is 0 Å². The molecule has 1 aromatic rings. The van der Waals surface area contributed by atoms with Crippen molar-refractivity contribution in [3.05, 3.63) is 24.3 Å². The van der Waals surface area contributed by atoms with E-state index in [0.717, 1.165) is 37.6 Å². The predicted molar refractivity (Wildman–Crippen MR) is 95.1 cm³/mol.